The molecule has 4 aliphatic rings. The van der Waals surface area contributed by atoms with E-state index in [1.54, 1.807) is 7.11 Å². The summed E-state index contributed by atoms with van der Waals surface area (Å²) >= 11 is 0. The van der Waals surface area contributed by atoms with Crippen molar-refractivity contribution < 1.29 is 19.4 Å². The third-order valence-corrected chi connectivity index (χ3v) is 9.14. The van der Waals surface area contributed by atoms with Crippen LogP contribution in [-0.4, -0.2) is 103 Å². The van der Waals surface area contributed by atoms with Crippen molar-refractivity contribution in [2.75, 3.05) is 72.7 Å². The van der Waals surface area contributed by atoms with Gasteiger partial charge in [0.2, 0.25) is 5.91 Å². The summed E-state index contributed by atoms with van der Waals surface area (Å²) < 4.78 is 13.3. The van der Waals surface area contributed by atoms with Gasteiger partial charge in [0.05, 0.1) is 45.0 Å². The molecule has 36 heavy (non-hydrogen) atoms. The molecule has 2 aromatic rings. The van der Waals surface area contributed by atoms with Gasteiger partial charge in [0.25, 0.3) is 0 Å². The molecule has 1 aromatic carbocycles. The predicted octanol–water partition coefficient (Wildman–Crippen LogP) is 2.14. The van der Waals surface area contributed by atoms with E-state index < -0.39 is 0 Å². The monoisotopic (exact) mass is 496 g/mol. The topological polar surface area (TPSA) is 70.4 Å². The molecule has 1 aromatic heterocycles. The standard InChI is InChI=1S/C28H40N4O4/c1-29-23-15-21(35-2)5-6-22(23)26-27(29)24(18-33)32(16-20-3-4-20)19-28(26)7-9-31(10-8-28)25(34)17-30-11-13-36-14-12-30/h5-6,15,20,24,33H,3-4,7-14,16-19H2,1-2H3/t24-/m0/s1. The predicted molar refractivity (Wildman–Crippen MR) is 138 cm³/mol. The van der Waals surface area contributed by atoms with Crippen molar-refractivity contribution in [3.63, 3.8) is 0 Å². The van der Waals surface area contributed by atoms with Gasteiger partial charge < -0.3 is 24.0 Å². The SMILES string of the molecule is COc1ccc2c3c(n(C)c2c1)[C@H](CO)N(CC1CC1)CC31CCN(C(=O)CN2CCOCC2)CC1. The number of nitrogens with zero attached hydrogens (tertiary/aromatic N) is 4. The molecule has 1 saturated carbocycles. The Morgan fingerprint density at radius 2 is 1.92 bits per heavy atom. The van der Waals surface area contributed by atoms with Crippen LogP contribution in [0.2, 0.25) is 0 Å². The first kappa shape index (κ1) is 24.2. The summed E-state index contributed by atoms with van der Waals surface area (Å²) in [6.45, 7) is 7.32. The van der Waals surface area contributed by atoms with E-state index in [0.29, 0.717) is 19.8 Å². The summed E-state index contributed by atoms with van der Waals surface area (Å²) in [6, 6.07) is 6.40. The number of hydrogen-bond acceptors (Lipinski definition) is 6. The van der Waals surface area contributed by atoms with E-state index in [-0.39, 0.29) is 24.0 Å². The number of methoxy groups -OCH3 is 1. The van der Waals surface area contributed by atoms with Crippen molar-refractivity contribution in [3.05, 3.63) is 29.5 Å². The molecule has 0 unspecified atom stereocenters. The summed E-state index contributed by atoms with van der Waals surface area (Å²) in [4.78, 5) is 20.0. The van der Waals surface area contributed by atoms with Gasteiger partial charge in [0, 0.05) is 68.9 Å². The van der Waals surface area contributed by atoms with Crippen molar-refractivity contribution in [3.8, 4) is 5.75 Å². The van der Waals surface area contributed by atoms with E-state index in [0.717, 1.165) is 69.3 Å². The molecule has 1 spiro atoms. The number of aromatic nitrogens is 1. The molecule has 8 heteroatoms. The Kier molecular flexibility index (Phi) is 6.48. The van der Waals surface area contributed by atoms with Crippen LogP contribution in [-0.2, 0) is 22.0 Å². The van der Waals surface area contributed by atoms with Crippen molar-refractivity contribution in [1.29, 1.82) is 0 Å². The minimum Gasteiger partial charge on any atom is -0.497 e. The van der Waals surface area contributed by atoms with Gasteiger partial charge in [0.15, 0.2) is 0 Å². The normalized spacial score (nSPS) is 24.9. The number of aliphatic hydroxyl groups is 1. The highest BCUT2D eigenvalue weighted by atomic mass is 16.5. The van der Waals surface area contributed by atoms with E-state index in [1.165, 1.54) is 29.5 Å². The first-order chi connectivity index (χ1) is 17.5. The van der Waals surface area contributed by atoms with Crippen LogP contribution in [0.4, 0.5) is 0 Å². The lowest BCUT2D eigenvalue weighted by Gasteiger charge is -2.51. The Morgan fingerprint density at radius 1 is 1.17 bits per heavy atom. The number of benzene rings is 1. The van der Waals surface area contributed by atoms with Gasteiger partial charge in [-0.2, -0.15) is 0 Å². The van der Waals surface area contributed by atoms with Gasteiger partial charge in [0.1, 0.15) is 5.75 Å². The zero-order valence-electron chi connectivity index (χ0n) is 21.7. The van der Waals surface area contributed by atoms with Crippen LogP contribution in [0.3, 0.4) is 0 Å². The highest BCUT2D eigenvalue weighted by Gasteiger charge is 2.49. The van der Waals surface area contributed by atoms with Crippen LogP contribution >= 0.6 is 0 Å². The lowest BCUT2D eigenvalue weighted by molar-refractivity contribution is -0.135. The van der Waals surface area contributed by atoms with Crippen LogP contribution in [0.5, 0.6) is 5.75 Å². The largest absolute Gasteiger partial charge is 0.497 e. The minimum atomic E-state index is -0.0142. The maximum atomic E-state index is 13.2. The maximum absolute atomic E-state index is 13.2. The molecule has 0 radical (unpaired) electrons. The number of aliphatic hydroxyl groups excluding tert-OH is 1. The number of ether oxygens (including phenoxy) is 2. The van der Waals surface area contributed by atoms with Crippen molar-refractivity contribution in [1.82, 2.24) is 19.3 Å². The molecule has 1 N–H and O–H groups in total. The molecule has 196 valence electrons. The highest BCUT2D eigenvalue weighted by molar-refractivity contribution is 5.89. The Morgan fingerprint density at radius 3 is 2.58 bits per heavy atom. The molecule has 0 bridgehead atoms. The highest BCUT2D eigenvalue weighted by Crippen LogP contribution is 2.51. The maximum Gasteiger partial charge on any atom is 0.236 e. The second-order valence-corrected chi connectivity index (χ2v) is 11.3. The number of piperidine rings is 1. The smallest absolute Gasteiger partial charge is 0.236 e. The van der Waals surface area contributed by atoms with Gasteiger partial charge in [-0.25, -0.2) is 0 Å². The fourth-order valence-corrected chi connectivity index (χ4v) is 6.93. The first-order valence-electron chi connectivity index (χ1n) is 13.6. The third-order valence-electron chi connectivity index (χ3n) is 9.14. The van der Waals surface area contributed by atoms with Crippen molar-refractivity contribution in [2.24, 2.45) is 13.0 Å². The van der Waals surface area contributed by atoms with E-state index in [2.05, 4.69) is 44.5 Å². The number of amides is 1. The number of carbonyl (C=O) groups is 1. The summed E-state index contributed by atoms with van der Waals surface area (Å²) in [7, 11) is 3.85. The Balaban J connectivity index is 1.33. The van der Waals surface area contributed by atoms with Crippen LogP contribution in [0.1, 0.15) is 43.0 Å². The van der Waals surface area contributed by atoms with Crippen molar-refractivity contribution >= 4 is 16.8 Å². The number of carbonyl (C=O) groups excluding carboxylic acids is 1. The quantitative estimate of drug-likeness (QED) is 0.661. The summed E-state index contributed by atoms with van der Waals surface area (Å²) in [5.41, 5.74) is 3.80. The lowest BCUT2D eigenvalue weighted by atomic mass is 9.68. The number of hydrogen-bond donors (Lipinski definition) is 1. The van der Waals surface area contributed by atoms with Gasteiger partial charge >= 0.3 is 0 Å². The molecular weight excluding hydrogens is 456 g/mol. The summed E-state index contributed by atoms with van der Waals surface area (Å²) in [6.07, 6.45) is 4.51. The average molecular weight is 497 g/mol. The Labute approximate surface area is 213 Å². The number of likely N-dealkylation sites (tertiary alicyclic amines) is 1. The zero-order valence-corrected chi connectivity index (χ0v) is 21.7. The fraction of sp³-hybridized carbons (Fsp3) is 0.679. The van der Waals surface area contributed by atoms with Gasteiger partial charge in [-0.1, -0.05) is 0 Å². The van der Waals surface area contributed by atoms with Crippen molar-refractivity contribution in [2.45, 2.75) is 37.1 Å². The molecule has 6 rings (SSSR count). The minimum absolute atomic E-state index is 0.00982. The zero-order chi connectivity index (χ0) is 24.9. The first-order valence-corrected chi connectivity index (χ1v) is 13.6. The average Bonchev–Trinajstić information content (AvgIpc) is 3.67. The Hall–Kier alpha value is -2.13. The molecule has 4 heterocycles. The second kappa shape index (κ2) is 9.63. The summed E-state index contributed by atoms with van der Waals surface area (Å²) in [5.74, 6) is 1.85. The van der Waals surface area contributed by atoms with Crippen LogP contribution in [0, 0.1) is 5.92 Å². The molecule has 3 fully saturated rings. The van der Waals surface area contributed by atoms with Crippen LogP contribution < -0.4 is 4.74 Å². The van der Waals surface area contributed by atoms with E-state index in [4.69, 9.17) is 9.47 Å². The molecule has 1 aliphatic carbocycles. The molecule has 8 nitrogen and oxygen atoms in total. The van der Waals surface area contributed by atoms with E-state index >= 15 is 0 Å². The fourth-order valence-electron chi connectivity index (χ4n) is 6.93. The van der Waals surface area contributed by atoms with Gasteiger partial charge in [-0.3, -0.25) is 14.6 Å². The van der Waals surface area contributed by atoms with Crippen LogP contribution in [0.15, 0.2) is 18.2 Å². The number of rotatable bonds is 6. The number of aryl methyl sites for hydroxylation is 1. The van der Waals surface area contributed by atoms with E-state index in [9.17, 15) is 9.90 Å². The second-order valence-electron chi connectivity index (χ2n) is 11.3. The van der Waals surface area contributed by atoms with Crippen LogP contribution in [0.25, 0.3) is 10.9 Å². The summed E-state index contributed by atoms with van der Waals surface area (Å²) in [5, 5.41) is 11.9. The molecule has 1 atom stereocenters. The van der Waals surface area contributed by atoms with E-state index in [1.807, 2.05) is 0 Å². The molecule has 2 saturated heterocycles. The number of morpholine rings is 1. The Bertz CT molecular complexity index is 1110. The van der Waals surface area contributed by atoms with Gasteiger partial charge in [-0.15, -0.1) is 0 Å². The van der Waals surface area contributed by atoms with Gasteiger partial charge in [-0.05, 0) is 49.3 Å². The third kappa shape index (κ3) is 4.22. The molecular formula is C28H40N4O4. The lowest BCUT2D eigenvalue weighted by Crippen LogP contribution is -2.56. The number of fused-ring (bicyclic) bond motifs is 4. The molecule has 3 aliphatic heterocycles. The molecule has 1 amide bonds.